The number of para-hydroxylation sites is 1. The van der Waals surface area contributed by atoms with Crippen LogP contribution in [0.4, 0.5) is 5.69 Å². The second-order valence-electron chi connectivity index (χ2n) is 4.90. The molecule has 0 amide bonds. The molecule has 0 aromatic heterocycles. The Balaban J connectivity index is 2.02. The molecule has 1 aliphatic rings. The van der Waals surface area contributed by atoms with Crippen molar-refractivity contribution < 1.29 is 18.8 Å². The zero-order chi connectivity index (χ0) is 14.8. The Labute approximate surface area is 124 Å². The Morgan fingerprint density at radius 3 is 2.62 bits per heavy atom. The van der Waals surface area contributed by atoms with Crippen LogP contribution < -0.4 is 14.2 Å². The van der Waals surface area contributed by atoms with Crippen molar-refractivity contribution in [3.8, 4) is 17.2 Å². The molecule has 4 heteroatoms. The fourth-order valence-electron chi connectivity index (χ4n) is 2.47. The van der Waals surface area contributed by atoms with Crippen LogP contribution in [-0.4, -0.2) is 31.7 Å². The van der Waals surface area contributed by atoms with E-state index >= 15 is 0 Å². The number of fused-ring (bicyclic) bond motifs is 1. The molecule has 3 rings (SSSR count). The maximum atomic E-state index is 5.87. The normalized spacial score (nSPS) is 13.0. The van der Waals surface area contributed by atoms with Crippen LogP contribution in [0, 0.1) is 6.92 Å². The van der Waals surface area contributed by atoms with Gasteiger partial charge in [-0.25, -0.2) is 0 Å². The molecule has 108 valence electrons. The van der Waals surface area contributed by atoms with E-state index in [-0.39, 0.29) is 0 Å². The van der Waals surface area contributed by atoms with E-state index in [4.69, 9.17) is 14.2 Å². The molecule has 0 bridgehead atoms. The molecule has 0 saturated carbocycles. The first-order valence-electron chi connectivity index (χ1n) is 6.79. The summed E-state index contributed by atoms with van der Waals surface area (Å²) in [5.74, 6) is 2.38. The quantitative estimate of drug-likeness (QED) is 0.811. The lowest BCUT2D eigenvalue weighted by Gasteiger charge is -2.16. The van der Waals surface area contributed by atoms with Gasteiger partial charge in [-0.05, 0) is 24.6 Å². The van der Waals surface area contributed by atoms with Crippen molar-refractivity contribution in [2.24, 2.45) is 0 Å². The van der Waals surface area contributed by atoms with Gasteiger partial charge in [0.1, 0.15) is 5.75 Å². The van der Waals surface area contributed by atoms with Gasteiger partial charge in [-0.3, -0.25) is 0 Å². The Morgan fingerprint density at radius 2 is 1.86 bits per heavy atom. The highest BCUT2D eigenvalue weighted by molar-refractivity contribution is 5.82. The van der Waals surface area contributed by atoms with Gasteiger partial charge in [0.2, 0.25) is 5.69 Å². The summed E-state index contributed by atoms with van der Waals surface area (Å²) < 4.78 is 18.5. The highest BCUT2D eigenvalue weighted by Crippen LogP contribution is 2.32. The number of methoxy groups -OCH3 is 2. The van der Waals surface area contributed by atoms with Crippen LogP contribution in [0.5, 0.6) is 17.2 Å². The van der Waals surface area contributed by atoms with Crippen LogP contribution in [0.3, 0.4) is 0 Å². The van der Waals surface area contributed by atoms with Gasteiger partial charge < -0.3 is 14.2 Å². The van der Waals surface area contributed by atoms with Gasteiger partial charge in [-0.2, -0.15) is 4.58 Å². The molecule has 0 radical (unpaired) electrons. The average molecular weight is 284 g/mol. The van der Waals surface area contributed by atoms with Crippen LogP contribution >= 0.6 is 0 Å². The number of aryl methyl sites for hydroxylation is 1. The zero-order valence-corrected chi connectivity index (χ0v) is 12.4. The fourth-order valence-corrected chi connectivity index (χ4v) is 2.47. The van der Waals surface area contributed by atoms with E-state index in [1.807, 2.05) is 28.8 Å². The summed E-state index contributed by atoms with van der Waals surface area (Å²) >= 11 is 0. The summed E-state index contributed by atoms with van der Waals surface area (Å²) in [6.45, 7) is 2.53. The third-order valence-corrected chi connectivity index (χ3v) is 3.58. The number of rotatable bonds is 3. The molecular formula is C17H18NO3+. The molecule has 0 aliphatic carbocycles. The Morgan fingerprint density at radius 1 is 1.05 bits per heavy atom. The number of hydrogen-bond donors (Lipinski definition) is 0. The first-order valence-corrected chi connectivity index (χ1v) is 6.79. The summed E-state index contributed by atoms with van der Waals surface area (Å²) in [4.78, 5) is 0. The van der Waals surface area contributed by atoms with Gasteiger partial charge in [0.05, 0.1) is 25.8 Å². The smallest absolute Gasteiger partial charge is 0.292 e. The van der Waals surface area contributed by atoms with Gasteiger partial charge >= 0.3 is 0 Å². The summed E-state index contributed by atoms with van der Waals surface area (Å²) in [6, 6.07) is 12.0. The average Bonchev–Trinajstić information content (AvgIpc) is 2.54. The van der Waals surface area contributed by atoms with Crippen LogP contribution in [-0.2, 0) is 0 Å². The third-order valence-electron chi connectivity index (χ3n) is 3.58. The molecule has 0 spiro atoms. The van der Waals surface area contributed by atoms with Crippen molar-refractivity contribution >= 4 is 11.9 Å². The molecule has 0 unspecified atom stereocenters. The van der Waals surface area contributed by atoms with Gasteiger partial charge in [0.25, 0.3) is 6.73 Å². The highest BCUT2D eigenvalue weighted by atomic mass is 16.5. The highest BCUT2D eigenvalue weighted by Gasteiger charge is 2.21. The molecule has 1 aliphatic heterocycles. The third kappa shape index (κ3) is 2.44. The summed E-state index contributed by atoms with van der Waals surface area (Å²) in [5, 5.41) is 0. The molecule has 21 heavy (non-hydrogen) atoms. The molecule has 1 heterocycles. The van der Waals surface area contributed by atoms with Crippen molar-refractivity contribution in [2.75, 3.05) is 21.0 Å². The minimum absolute atomic E-state index is 0.480. The number of hydrogen-bond acceptors (Lipinski definition) is 3. The number of benzene rings is 2. The predicted molar refractivity (Wildman–Crippen MR) is 81.3 cm³/mol. The van der Waals surface area contributed by atoms with Crippen LogP contribution in [0.2, 0.25) is 0 Å². The molecule has 2 aromatic carbocycles. The van der Waals surface area contributed by atoms with E-state index in [2.05, 4.69) is 25.3 Å². The lowest BCUT2D eigenvalue weighted by Crippen LogP contribution is -2.21. The molecule has 4 nitrogen and oxygen atoms in total. The van der Waals surface area contributed by atoms with E-state index in [1.54, 1.807) is 14.2 Å². The summed E-state index contributed by atoms with van der Waals surface area (Å²) in [6.07, 6.45) is 2.09. The second kappa shape index (κ2) is 5.48. The summed E-state index contributed by atoms with van der Waals surface area (Å²) in [5.41, 5.74) is 3.23. The molecule has 2 aromatic rings. The zero-order valence-electron chi connectivity index (χ0n) is 12.4. The van der Waals surface area contributed by atoms with E-state index in [1.165, 1.54) is 0 Å². The molecule has 0 atom stereocenters. The van der Waals surface area contributed by atoms with Gasteiger partial charge in [0, 0.05) is 6.07 Å². The summed E-state index contributed by atoms with van der Waals surface area (Å²) in [7, 11) is 3.27. The molecular weight excluding hydrogens is 266 g/mol. The lowest BCUT2D eigenvalue weighted by molar-refractivity contribution is -0.476. The maximum Gasteiger partial charge on any atom is 0.292 e. The largest absolute Gasteiger partial charge is 0.493 e. The van der Waals surface area contributed by atoms with Crippen LogP contribution in [0.25, 0.3) is 0 Å². The Bertz CT molecular complexity index is 707. The van der Waals surface area contributed by atoms with E-state index in [9.17, 15) is 0 Å². The van der Waals surface area contributed by atoms with Gasteiger partial charge in [0.15, 0.2) is 17.7 Å². The number of ether oxygens (including phenoxy) is 3. The second-order valence-corrected chi connectivity index (χ2v) is 4.90. The Kier molecular flexibility index (Phi) is 3.52. The topological polar surface area (TPSA) is 30.7 Å². The maximum absolute atomic E-state index is 5.87. The molecule has 0 N–H and O–H groups in total. The van der Waals surface area contributed by atoms with Crippen molar-refractivity contribution in [3.63, 3.8) is 0 Å². The van der Waals surface area contributed by atoms with E-state index in [0.29, 0.717) is 12.5 Å². The monoisotopic (exact) mass is 284 g/mol. The minimum atomic E-state index is 0.480. The first kappa shape index (κ1) is 13.5. The van der Waals surface area contributed by atoms with Gasteiger partial charge in [-0.15, -0.1) is 0 Å². The van der Waals surface area contributed by atoms with Crippen molar-refractivity contribution in [1.29, 1.82) is 0 Å². The Hall–Kier alpha value is -2.49. The molecule has 0 saturated heterocycles. The predicted octanol–water partition coefficient (Wildman–Crippen LogP) is 3.13. The van der Waals surface area contributed by atoms with E-state index < -0.39 is 0 Å². The number of nitrogens with zero attached hydrogens (tertiary/aromatic N) is 1. The molecule has 0 fully saturated rings. The van der Waals surface area contributed by atoms with Gasteiger partial charge in [-0.1, -0.05) is 12.1 Å². The van der Waals surface area contributed by atoms with Crippen molar-refractivity contribution in [2.45, 2.75) is 6.92 Å². The SMILES string of the molecule is COc1ccc([N+]2=Cc3cccc(C)c3OC2)cc1OC. The van der Waals surface area contributed by atoms with E-state index in [0.717, 1.165) is 28.3 Å². The van der Waals surface area contributed by atoms with Crippen LogP contribution in [0.1, 0.15) is 11.1 Å². The standard InChI is InChI=1S/C17H18NO3/c1-12-5-4-6-13-10-18(11-21-17(12)13)14-7-8-15(19-2)16(9-14)20-3/h4-10H,11H2,1-3H3/q+1. The minimum Gasteiger partial charge on any atom is -0.493 e. The van der Waals surface area contributed by atoms with Crippen molar-refractivity contribution in [3.05, 3.63) is 47.5 Å². The fraction of sp³-hybridized carbons (Fsp3) is 0.235. The van der Waals surface area contributed by atoms with Crippen molar-refractivity contribution in [1.82, 2.24) is 0 Å². The lowest BCUT2D eigenvalue weighted by atomic mass is 10.1. The first-order chi connectivity index (χ1) is 10.2. The van der Waals surface area contributed by atoms with Crippen LogP contribution in [0.15, 0.2) is 36.4 Å².